The van der Waals surface area contributed by atoms with Gasteiger partial charge in [0.25, 0.3) is 0 Å². The SMILES string of the molecule is CC1(C)OC[C@H](COc2ncc(N)cn2)O1.CC1(C)OC[C@H](COc2ncc(NC(=O)N3c4nc(-c5cccc(C(F)(F)F)c5)c(Cl)cc4N4CCC[C@H]3C4)cn2)O1.FC(F)(F)c1cccc(-c2nc3c(cc2Cl)N2CCC[C@@H](C2)N3)c1. The van der Waals surface area contributed by atoms with Crippen molar-refractivity contribution in [2.45, 2.75) is 102 Å². The van der Waals surface area contributed by atoms with Gasteiger partial charge in [0.05, 0.1) is 99.4 Å². The number of halogens is 8. The summed E-state index contributed by atoms with van der Waals surface area (Å²) in [6.07, 6.45) is 0.355. The van der Waals surface area contributed by atoms with Gasteiger partial charge in [-0.1, -0.05) is 47.5 Å². The average molecular weight is 1180 g/mol. The molecule has 4 N–H and O–H groups in total. The maximum absolute atomic E-state index is 13.7. The van der Waals surface area contributed by atoms with Gasteiger partial charge in [0.1, 0.15) is 25.4 Å². The first-order valence-electron chi connectivity index (χ1n) is 26.4. The molecule has 4 saturated heterocycles. The zero-order chi connectivity index (χ0) is 58.1. The number of aromatic nitrogens is 6. The number of ether oxygens (including phenoxy) is 6. The maximum atomic E-state index is 13.7. The van der Waals surface area contributed by atoms with Crippen molar-refractivity contribution in [1.82, 2.24) is 29.9 Å². The van der Waals surface area contributed by atoms with Crippen molar-refractivity contribution >= 4 is 63.6 Å². The number of carbonyl (C=O) groups is 1. The lowest BCUT2D eigenvalue weighted by molar-refractivity contribution is -0.142. The highest BCUT2D eigenvalue weighted by molar-refractivity contribution is 6.34. The lowest BCUT2D eigenvalue weighted by Gasteiger charge is -2.46. The highest BCUT2D eigenvalue weighted by atomic mass is 35.5. The molecule has 19 nitrogen and oxygen atoms in total. The first kappa shape index (κ1) is 58.2. The lowest BCUT2D eigenvalue weighted by atomic mass is 9.99. The minimum Gasteiger partial charge on any atom is -0.461 e. The van der Waals surface area contributed by atoms with Gasteiger partial charge in [-0.15, -0.1) is 0 Å². The summed E-state index contributed by atoms with van der Waals surface area (Å²) in [5.41, 5.74) is 7.44. The molecule has 6 aromatic rings. The van der Waals surface area contributed by atoms with Crippen LogP contribution in [0.4, 0.5) is 65.5 Å². The summed E-state index contributed by atoms with van der Waals surface area (Å²) in [6, 6.07) is 13.5. The standard InChI is InChI=1S/C28H28ClF3N6O4.C17H15ClF3N3.C10H15N3O3/c1-27(2)41-15-20(42-27)14-40-25-33-11-18(12-34-25)35-26(39)38-19-7-4-8-37(13-19)22-10-21(29)23(36-24(22)38)16-5-3-6-17(9-16)28(30,31)32;18-13-8-14-16(22-12-5-2-6-24(14)9-12)23-15(13)10-3-1-4-11(7-10)17(19,20)21;1-10(2)15-6-8(16-10)5-14-9-12-3-7(11)4-13-9/h3,5-6,9-12,19-20H,4,7-8,13-15H2,1-2H3,(H,35,39);1,3-4,7-8,12H,2,5-6,9H2,(H,22,23);3-4,8H,5-6,11H2,1-2H3/t19-,20-;12-;8-/m000/s1. The smallest absolute Gasteiger partial charge is 0.416 e. The summed E-state index contributed by atoms with van der Waals surface area (Å²) in [5.74, 6) is -0.180. The zero-order valence-corrected chi connectivity index (χ0v) is 46.4. The Morgan fingerprint density at radius 2 is 1.23 bits per heavy atom. The number of rotatable bonds is 9. The van der Waals surface area contributed by atoms with E-state index >= 15 is 0 Å². The number of urea groups is 1. The van der Waals surface area contributed by atoms with Crippen LogP contribution in [-0.2, 0) is 31.3 Å². The Bertz CT molecular complexity index is 3260. The molecule has 82 heavy (non-hydrogen) atoms. The molecular weight excluding hydrogens is 1130 g/mol. The highest BCUT2D eigenvalue weighted by Crippen LogP contribution is 2.44. The van der Waals surface area contributed by atoms with Crippen LogP contribution in [0.1, 0.15) is 64.5 Å². The number of hydrogen-bond donors (Lipinski definition) is 3. The van der Waals surface area contributed by atoms with Crippen molar-refractivity contribution in [2.75, 3.05) is 83.7 Å². The molecule has 2 amide bonds. The number of carbonyl (C=O) groups excluding carboxylic acids is 1. The normalized spacial score (nSPS) is 21.1. The molecule has 436 valence electrons. The molecule has 0 radical (unpaired) electrons. The molecule has 0 aliphatic carbocycles. The van der Waals surface area contributed by atoms with E-state index in [0.717, 1.165) is 75.3 Å². The van der Waals surface area contributed by atoms with Crippen LogP contribution in [0.5, 0.6) is 12.0 Å². The number of piperidine rings is 2. The Balaban J connectivity index is 0.000000157. The minimum atomic E-state index is -4.52. The van der Waals surface area contributed by atoms with Gasteiger partial charge in [-0.05, 0) is 89.8 Å². The fourth-order valence-electron chi connectivity index (χ4n) is 10.2. The topological polar surface area (TPSA) is 210 Å². The first-order chi connectivity index (χ1) is 38.9. The fourth-order valence-corrected chi connectivity index (χ4v) is 10.7. The van der Waals surface area contributed by atoms with E-state index in [2.05, 4.69) is 50.3 Å². The van der Waals surface area contributed by atoms with Crippen LogP contribution < -0.4 is 40.5 Å². The van der Waals surface area contributed by atoms with E-state index < -0.39 is 41.1 Å². The summed E-state index contributed by atoms with van der Waals surface area (Å²) in [5, 5.41) is 6.75. The van der Waals surface area contributed by atoms with Gasteiger partial charge in [0, 0.05) is 43.3 Å². The summed E-state index contributed by atoms with van der Waals surface area (Å²) in [4.78, 5) is 44.9. The number of amides is 2. The molecule has 2 aromatic carbocycles. The van der Waals surface area contributed by atoms with Crippen LogP contribution >= 0.6 is 23.2 Å². The molecule has 4 atom stereocenters. The summed E-state index contributed by atoms with van der Waals surface area (Å²) in [7, 11) is 0. The third kappa shape index (κ3) is 13.9. The van der Waals surface area contributed by atoms with E-state index in [-0.39, 0.29) is 47.1 Å². The van der Waals surface area contributed by atoms with Crippen LogP contribution in [0.2, 0.25) is 10.0 Å². The number of benzene rings is 2. The quantitative estimate of drug-likeness (QED) is 0.115. The van der Waals surface area contributed by atoms with Crippen LogP contribution in [0, 0.1) is 0 Å². The van der Waals surface area contributed by atoms with E-state index in [1.807, 2.05) is 27.7 Å². The van der Waals surface area contributed by atoms with Crippen LogP contribution in [-0.4, -0.2) is 124 Å². The predicted octanol–water partition coefficient (Wildman–Crippen LogP) is 11.2. The molecule has 4 aromatic heterocycles. The Morgan fingerprint density at radius 1 is 0.720 bits per heavy atom. The molecule has 12 rings (SSSR count). The summed E-state index contributed by atoms with van der Waals surface area (Å²) < 4.78 is 112. The Morgan fingerprint density at radius 3 is 1.77 bits per heavy atom. The molecule has 6 aliphatic heterocycles. The van der Waals surface area contributed by atoms with E-state index in [9.17, 15) is 31.1 Å². The van der Waals surface area contributed by atoms with Gasteiger partial charge in [0.15, 0.2) is 23.2 Å². The first-order valence-corrected chi connectivity index (χ1v) is 27.1. The Kier molecular flexibility index (Phi) is 16.8. The van der Waals surface area contributed by atoms with Gasteiger partial charge in [-0.3, -0.25) is 4.90 Å². The number of nitrogens with zero attached hydrogens (tertiary/aromatic N) is 9. The van der Waals surface area contributed by atoms with Crippen LogP contribution in [0.15, 0.2) is 85.5 Å². The van der Waals surface area contributed by atoms with Gasteiger partial charge < -0.3 is 54.6 Å². The van der Waals surface area contributed by atoms with Gasteiger partial charge in [-0.2, -0.15) is 26.3 Å². The molecule has 4 bridgehead atoms. The van der Waals surface area contributed by atoms with Crippen LogP contribution in [0.25, 0.3) is 22.5 Å². The van der Waals surface area contributed by atoms with Crippen molar-refractivity contribution in [1.29, 1.82) is 0 Å². The maximum Gasteiger partial charge on any atom is 0.416 e. The van der Waals surface area contributed by atoms with Crippen molar-refractivity contribution in [3.05, 3.63) is 107 Å². The number of fused-ring (bicyclic) bond motifs is 8. The van der Waals surface area contributed by atoms with E-state index in [1.165, 1.54) is 43.0 Å². The summed E-state index contributed by atoms with van der Waals surface area (Å²) >= 11 is 12.9. The molecule has 27 heteroatoms. The molecule has 0 spiro atoms. The van der Waals surface area contributed by atoms with E-state index in [4.69, 9.17) is 57.4 Å². The second-order valence-electron chi connectivity index (χ2n) is 21.1. The molecule has 10 heterocycles. The van der Waals surface area contributed by atoms with Crippen molar-refractivity contribution in [3.8, 4) is 34.5 Å². The number of nitrogens with two attached hydrogens (primary N) is 1. The molecular formula is C55H58Cl2F6N12O7. The minimum absolute atomic E-state index is 0.0869. The number of pyridine rings is 2. The largest absolute Gasteiger partial charge is 0.461 e. The van der Waals surface area contributed by atoms with Gasteiger partial charge in [0.2, 0.25) is 0 Å². The highest BCUT2D eigenvalue weighted by Gasteiger charge is 2.41. The second-order valence-corrected chi connectivity index (χ2v) is 21.9. The third-order valence-electron chi connectivity index (χ3n) is 13.9. The Labute approximate surface area is 477 Å². The second kappa shape index (κ2) is 23.7. The molecule has 0 unspecified atom stereocenters. The number of anilines is 6. The average Bonchev–Trinajstić information content (AvgIpc) is 4.16. The Hall–Kier alpha value is -7.03. The molecule has 6 aliphatic rings. The van der Waals surface area contributed by atoms with Crippen LogP contribution in [0.3, 0.4) is 0 Å². The third-order valence-corrected chi connectivity index (χ3v) is 14.5. The van der Waals surface area contributed by atoms with Gasteiger partial charge in [-0.25, -0.2) is 34.7 Å². The molecule has 0 saturated carbocycles. The van der Waals surface area contributed by atoms with E-state index in [0.29, 0.717) is 83.4 Å². The summed E-state index contributed by atoms with van der Waals surface area (Å²) in [6.45, 7) is 12.1. The van der Waals surface area contributed by atoms with Gasteiger partial charge >= 0.3 is 30.4 Å². The fraction of sp³-hybridized carbons (Fsp3) is 0.436. The molecule has 4 fully saturated rings. The van der Waals surface area contributed by atoms with E-state index in [1.54, 1.807) is 23.1 Å². The zero-order valence-electron chi connectivity index (χ0n) is 44.9. The lowest BCUT2D eigenvalue weighted by Crippen LogP contribution is -2.56. The van der Waals surface area contributed by atoms with Crippen molar-refractivity contribution in [3.63, 3.8) is 0 Å². The number of nitrogens with one attached hydrogen (secondary N) is 2. The van der Waals surface area contributed by atoms with Crippen molar-refractivity contribution < 1.29 is 59.6 Å². The number of alkyl halides is 6. The number of nitrogen functional groups attached to an aromatic ring is 1. The number of hydrogen-bond acceptors (Lipinski definition) is 17. The predicted molar refractivity (Wildman–Crippen MR) is 294 cm³/mol. The monoisotopic (exact) mass is 1180 g/mol. The van der Waals surface area contributed by atoms with Crippen molar-refractivity contribution in [2.24, 2.45) is 0 Å².